The third-order valence-corrected chi connectivity index (χ3v) is 4.41. The van der Waals surface area contributed by atoms with E-state index in [4.69, 9.17) is 14.2 Å². The van der Waals surface area contributed by atoms with Gasteiger partial charge in [-0.2, -0.15) is 0 Å². The smallest absolute Gasteiger partial charge is 0.314 e. The average molecular weight is 400 g/mol. The van der Waals surface area contributed by atoms with Crippen molar-refractivity contribution in [3.63, 3.8) is 0 Å². The van der Waals surface area contributed by atoms with Crippen LogP contribution in [-0.2, 0) is 4.79 Å². The lowest BCUT2D eigenvalue weighted by Gasteiger charge is -2.19. The summed E-state index contributed by atoms with van der Waals surface area (Å²) in [4.78, 5) is 25.1. The molecule has 0 aliphatic rings. The van der Waals surface area contributed by atoms with Crippen LogP contribution in [0.2, 0.25) is 0 Å². The van der Waals surface area contributed by atoms with Gasteiger partial charge in [0.2, 0.25) is 17.2 Å². The SMILES string of the molecule is CC[C@@H](C)C(=O)Oc1c(O)c(OC)c(O)c(C(=O)C=Cc2ccccc2)c1OC. The molecule has 0 bridgehead atoms. The number of carbonyl (C=O) groups is 2. The minimum absolute atomic E-state index is 0.264. The largest absolute Gasteiger partial charge is 0.504 e. The Morgan fingerprint density at radius 1 is 1.00 bits per heavy atom. The van der Waals surface area contributed by atoms with Crippen LogP contribution in [-0.4, -0.2) is 36.2 Å². The molecule has 0 radical (unpaired) electrons. The molecule has 7 nitrogen and oxygen atoms in total. The molecule has 2 rings (SSSR count). The summed E-state index contributed by atoms with van der Waals surface area (Å²) in [6, 6.07) is 9.09. The van der Waals surface area contributed by atoms with E-state index in [-0.39, 0.29) is 17.1 Å². The third kappa shape index (κ3) is 4.68. The van der Waals surface area contributed by atoms with E-state index in [1.807, 2.05) is 25.1 Å². The second-order valence-electron chi connectivity index (χ2n) is 6.31. The maximum atomic E-state index is 12.8. The molecule has 2 aromatic carbocycles. The Bertz CT molecular complexity index is 917. The average Bonchev–Trinajstić information content (AvgIpc) is 2.73. The fourth-order valence-electron chi connectivity index (χ4n) is 2.56. The van der Waals surface area contributed by atoms with Crippen LogP contribution >= 0.6 is 0 Å². The number of hydrogen-bond acceptors (Lipinski definition) is 7. The number of aromatic hydroxyl groups is 2. The van der Waals surface area contributed by atoms with Crippen molar-refractivity contribution in [2.75, 3.05) is 14.2 Å². The predicted octanol–water partition coefficient (Wildman–Crippen LogP) is 3.96. The van der Waals surface area contributed by atoms with Crippen molar-refractivity contribution in [1.82, 2.24) is 0 Å². The molecule has 154 valence electrons. The molecular formula is C22H24O7. The molecule has 2 aromatic rings. The second-order valence-corrected chi connectivity index (χ2v) is 6.31. The lowest BCUT2D eigenvalue weighted by Crippen LogP contribution is -2.18. The summed E-state index contributed by atoms with van der Waals surface area (Å²) in [5.74, 6) is -3.99. The van der Waals surface area contributed by atoms with Gasteiger partial charge in [-0.15, -0.1) is 0 Å². The van der Waals surface area contributed by atoms with Crippen molar-refractivity contribution in [2.45, 2.75) is 20.3 Å². The molecule has 0 heterocycles. The van der Waals surface area contributed by atoms with Crippen LogP contribution in [0.5, 0.6) is 28.7 Å². The van der Waals surface area contributed by atoms with Crippen LogP contribution in [0.15, 0.2) is 36.4 Å². The van der Waals surface area contributed by atoms with E-state index in [2.05, 4.69) is 0 Å². The van der Waals surface area contributed by atoms with E-state index < -0.39 is 34.9 Å². The third-order valence-electron chi connectivity index (χ3n) is 4.41. The zero-order valence-corrected chi connectivity index (χ0v) is 16.8. The van der Waals surface area contributed by atoms with Crippen molar-refractivity contribution in [3.8, 4) is 28.7 Å². The molecular weight excluding hydrogens is 376 g/mol. The Morgan fingerprint density at radius 3 is 2.17 bits per heavy atom. The Hall–Kier alpha value is -3.48. The van der Waals surface area contributed by atoms with Crippen molar-refractivity contribution in [2.24, 2.45) is 5.92 Å². The van der Waals surface area contributed by atoms with Crippen LogP contribution in [0.4, 0.5) is 0 Å². The lowest BCUT2D eigenvalue weighted by molar-refractivity contribution is -0.138. The topological polar surface area (TPSA) is 102 Å². The minimum atomic E-state index is -0.637. The number of carbonyl (C=O) groups excluding carboxylic acids is 2. The fraction of sp³-hybridized carbons (Fsp3) is 0.273. The monoisotopic (exact) mass is 400 g/mol. The van der Waals surface area contributed by atoms with Gasteiger partial charge >= 0.3 is 5.97 Å². The summed E-state index contributed by atoms with van der Waals surface area (Å²) in [5.41, 5.74) is 0.481. The summed E-state index contributed by atoms with van der Waals surface area (Å²) >= 11 is 0. The zero-order valence-electron chi connectivity index (χ0n) is 16.8. The summed E-state index contributed by atoms with van der Waals surface area (Å²) in [7, 11) is 2.44. The maximum absolute atomic E-state index is 12.8. The number of esters is 1. The van der Waals surface area contributed by atoms with Crippen LogP contribution < -0.4 is 14.2 Å². The van der Waals surface area contributed by atoms with Crippen molar-refractivity contribution in [1.29, 1.82) is 0 Å². The quantitative estimate of drug-likeness (QED) is 0.299. The highest BCUT2D eigenvalue weighted by Crippen LogP contribution is 2.52. The first-order chi connectivity index (χ1) is 13.8. The summed E-state index contributed by atoms with van der Waals surface area (Å²) < 4.78 is 15.5. The van der Waals surface area contributed by atoms with Crippen molar-refractivity contribution < 1.29 is 34.0 Å². The van der Waals surface area contributed by atoms with Gasteiger partial charge in [0, 0.05) is 0 Å². The number of methoxy groups -OCH3 is 2. The van der Waals surface area contributed by atoms with Crippen LogP contribution in [0.25, 0.3) is 6.08 Å². The van der Waals surface area contributed by atoms with E-state index in [0.717, 1.165) is 5.56 Å². The molecule has 0 aliphatic heterocycles. The highest BCUT2D eigenvalue weighted by Gasteiger charge is 2.31. The molecule has 0 unspecified atom stereocenters. The standard InChI is InChI=1S/C22H24O7/c1-5-13(2)22(26)29-21-18(25)20(28-4)17(24)16(19(21)27-3)15(23)12-11-14-9-7-6-8-10-14/h6-13,24-25H,5H2,1-4H3/t13-/m1/s1. The predicted molar refractivity (Wildman–Crippen MR) is 108 cm³/mol. The van der Waals surface area contributed by atoms with Gasteiger partial charge in [0.1, 0.15) is 5.56 Å². The zero-order chi connectivity index (χ0) is 21.6. The molecule has 0 saturated carbocycles. The molecule has 0 aromatic heterocycles. The molecule has 0 aliphatic carbocycles. The molecule has 0 amide bonds. The lowest BCUT2D eigenvalue weighted by atomic mass is 10.0. The Morgan fingerprint density at radius 2 is 1.62 bits per heavy atom. The normalized spacial score (nSPS) is 11.9. The molecule has 0 saturated heterocycles. The first-order valence-electron chi connectivity index (χ1n) is 9.04. The summed E-state index contributed by atoms with van der Waals surface area (Å²) in [6.07, 6.45) is 3.32. The van der Waals surface area contributed by atoms with Crippen LogP contribution in [0, 0.1) is 5.92 Å². The van der Waals surface area contributed by atoms with E-state index in [1.165, 1.54) is 20.3 Å². The number of ketones is 1. The van der Waals surface area contributed by atoms with E-state index in [9.17, 15) is 19.8 Å². The van der Waals surface area contributed by atoms with E-state index >= 15 is 0 Å². The fourth-order valence-corrected chi connectivity index (χ4v) is 2.56. The van der Waals surface area contributed by atoms with E-state index in [0.29, 0.717) is 6.42 Å². The minimum Gasteiger partial charge on any atom is -0.504 e. The molecule has 29 heavy (non-hydrogen) atoms. The Labute approximate surface area is 169 Å². The van der Waals surface area contributed by atoms with Gasteiger partial charge < -0.3 is 24.4 Å². The number of rotatable bonds is 8. The van der Waals surface area contributed by atoms with Gasteiger partial charge in [0.25, 0.3) is 0 Å². The number of hydrogen-bond donors (Lipinski definition) is 2. The van der Waals surface area contributed by atoms with Crippen molar-refractivity contribution >= 4 is 17.8 Å². The molecule has 7 heteroatoms. The Kier molecular flexibility index (Phi) is 7.25. The number of benzene rings is 2. The highest BCUT2D eigenvalue weighted by molar-refractivity contribution is 6.12. The van der Waals surface area contributed by atoms with E-state index in [1.54, 1.807) is 25.1 Å². The second kappa shape index (κ2) is 9.64. The number of ether oxygens (including phenoxy) is 3. The summed E-state index contributed by atoms with van der Waals surface area (Å²) in [5, 5.41) is 20.9. The first kappa shape index (κ1) is 21.8. The van der Waals surface area contributed by atoms with Gasteiger partial charge in [-0.05, 0) is 18.1 Å². The molecule has 1 atom stereocenters. The molecule has 0 fully saturated rings. The van der Waals surface area contributed by atoms with Crippen LogP contribution in [0.1, 0.15) is 36.2 Å². The van der Waals surface area contributed by atoms with Gasteiger partial charge in [-0.1, -0.05) is 50.3 Å². The van der Waals surface area contributed by atoms with Gasteiger partial charge in [0.05, 0.1) is 20.1 Å². The van der Waals surface area contributed by atoms with Crippen molar-refractivity contribution in [3.05, 3.63) is 47.5 Å². The number of allylic oxidation sites excluding steroid dienone is 1. The first-order valence-corrected chi connectivity index (χ1v) is 9.04. The van der Waals surface area contributed by atoms with Gasteiger partial charge in [-0.3, -0.25) is 9.59 Å². The molecule has 0 spiro atoms. The highest BCUT2D eigenvalue weighted by atomic mass is 16.6. The number of phenolic OH excluding ortho intramolecular Hbond substituents is 2. The summed E-state index contributed by atoms with van der Waals surface area (Å²) in [6.45, 7) is 3.47. The maximum Gasteiger partial charge on any atom is 0.314 e. The van der Waals surface area contributed by atoms with Gasteiger partial charge in [0.15, 0.2) is 17.3 Å². The Balaban J connectivity index is 2.58. The number of phenols is 2. The van der Waals surface area contributed by atoms with Gasteiger partial charge in [-0.25, -0.2) is 0 Å². The van der Waals surface area contributed by atoms with Crippen LogP contribution in [0.3, 0.4) is 0 Å². The molecule has 2 N–H and O–H groups in total.